The van der Waals surface area contributed by atoms with Gasteiger partial charge in [0, 0.05) is 17.7 Å². The number of non-ortho nitro benzene ring substituents is 1. The van der Waals surface area contributed by atoms with Gasteiger partial charge in [-0.3, -0.25) is 19.7 Å². The fraction of sp³-hybridized carbons (Fsp3) is 0.167. The van der Waals surface area contributed by atoms with E-state index in [0.717, 1.165) is 11.0 Å². The second kappa shape index (κ2) is 6.41. The van der Waals surface area contributed by atoms with E-state index < -0.39 is 34.6 Å². The fourth-order valence-corrected chi connectivity index (χ4v) is 3.24. The largest absolute Gasteiger partial charge is 0.495 e. The summed E-state index contributed by atoms with van der Waals surface area (Å²) in [6.45, 7) is 0. The quantitative estimate of drug-likeness (QED) is 0.452. The van der Waals surface area contributed by atoms with Crippen LogP contribution in [0.1, 0.15) is 5.56 Å². The van der Waals surface area contributed by atoms with Crippen LogP contribution in [0.3, 0.4) is 0 Å². The van der Waals surface area contributed by atoms with Crippen LogP contribution in [0, 0.1) is 21.8 Å². The molecule has 2 aromatic rings. The summed E-state index contributed by atoms with van der Waals surface area (Å²) in [5.41, 5.74) is 0.267. The summed E-state index contributed by atoms with van der Waals surface area (Å²) in [5, 5.41) is 14.9. The molecule has 2 atom stereocenters. The Morgan fingerprint density at radius 2 is 1.89 bits per heavy atom. The normalized spacial score (nSPS) is 20.6. The summed E-state index contributed by atoms with van der Waals surface area (Å²) < 4.78 is 18.3. The van der Waals surface area contributed by atoms with Gasteiger partial charge in [0.1, 0.15) is 28.9 Å². The second-order valence-electron chi connectivity index (χ2n) is 6.11. The van der Waals surface area contributed by atoms with Crippen LogP contribution >= 0.6 is 0 Å². The molecule has 0 spiro atoms. The van der Waals surface area contributed by atoms with E-state index in [2.05, 4.69) is 5.16 Å². The molecule has 2 amide bonds. The first-order chi connectivity index (χ1) is 13.4. The lowest BCUT2D eigenvalue weighted by molar-refractivity contribution is -0.384. The van der Waals surface area contributed by atoms with Gasteiger partial charge in [-0.2, -0.15) is 0 Å². The minimum absolute atomic E-state index is 0.0526. The highest BCUT2D eigenvalue weighted by atomic mass is 19.1. The van der Waals surface area contributed by atoms with Gasteiger partial charge in [0.25, 0.3) is 11.6 Å². The molecule has 4 rings (SSSR count). The van der Waals surface area contributed by atoms with Crippen molar-refractivity contribution >= 4 is 28.9 Å². The van der Waals surface area contributed by atoms with E-state index in [4.69, 9.17) is 9.57 Å². The number of oxime groups is 1. The molecule has 0 saturated carbocycles. The maximum absolute atomic E-state index is 13.2. The molecule has 1 fully saturated rings. The number of fused-ring (bicyclic) bond motifs is 1. The van der Waals surface area contributed by atoms with Crippen molar-refractivity contribution in [2.75, 3.05) is 12.0 Å². The maximum Gasteiger partial charge on any atom is 0.279 e. The van der Waals surface area contributed by atoms with Crippen LogP contribution in [0.2, 0.25) is 0 Å². The number of carbonyl (C=O) groups is 2. The van der Waals surface area contributed by atoms with E-state index in [1.807, 2.05) is 0 Å². The number of hydrogen-bond acceptors (Lipinski definition) is 7. The molecule has 2 heterocycles. The Hall–Kier alpha value is -3.82. The smallest absolute Gasteiger partial charge is 0.279 e. The van der Waals surface area contributed by atoms with Gasteiger partial charge in [-0.1, -0.05) is 17.3 Å². The van der Waals surface area contributed by atoms with E-state index in [1.54, 1.807) is 0 Å². The Kier molecular flexibility index (Phi) is 4.03. The van der Waals surface area contributed by atoms with Crippen LogP contribution in [0.25, 0.3) is 0 Å². The van der Waals surface area contributed by atoms with Crippen molar-refractivity contribution < 1.29 is 28.5 Å². The van der Waals surface area contributed by atoms with Gasteiger partial charge < -0.3 is 9.57 Å². The molecule has 28 heavy (non-hydrogen) atoms. The number of hydrogen-bond donors (Lipinski definition) is 0. The first kappa shape index (κ1) is 17.6. The van der Waals surface area contributed by atoms with Crippen molar-refractivity contribution in [1.29, 1.82) is 0 Å². The minimum Gasteiger partial charge on any atom is -0.495 e. The Morgan fingerprint density at radius 1 is 1.18 bits per heavy atom. The predicted octanol–water partition coefficient (Wildman–Crippen LogP) is 2.04. The van der Waals surface area contributed by atoms with Crippen molar-refractivity contribution in [3.05, 3.63) is 64.0 Å². The number of imide groups is 1. The van der Waals surface area contributed by atoms with Crippen molar-refractivity contribution in [3.8, 4) is 5.75 Å². The van der Waals surface area contributed by atoms with E-state index >= 15 is 0 Å². The zero-order valence-electron chi connectivity index (χ0n) is 14.4. The van der Waals surface area contributed by atoms with Crippen LogP contribution in [-0.2, 0) is 14.4 Å². The third kappa shape index (κ3) is 2.57. The number of carbonyl (C=O) groups excluding carboxylic acids is 2. The summed E-state index contributed by atoms with van der Waals surface area (Å²) in [7, 11) is 1.32. The lowest BCUT2D eigenvalue weighted by atomic mass is 9.94. The lowest BCUT2D eigenvalue weighted by Crippen LogP contribution is -2.33. The number of amides is 2. The molecule has 0 aliphatic carbocycles. The molecule has 142 valence electrons. The predicted molar refractivity (Wildman–Crippen MR) is 93.4 cm³/mol. The molecular formula is C18H12FN3O6. The molecule has 2 aliphatic heterocycles. The van der Waals surface area contributed by atoms with Gasteiger partial charge in [0.15, 0.2) is 0 Å². The monoisotopic (exact) mass is 385 g/mol. The molecule has 0 aromatic heterocycles. The number of rotatable bonds is 4. The Morgan fingerprint density at radius 3 is 2.54 bits per heavy atom. The summed E-state index contributed by atoms with van der Waals surface area (Å²) in [5.74, 6) is -2.75. The number of nitro benzene ring substituents is 1. The highest BCUT2D eigenvalue weighted by Gasteiger charge is 2.56. The van der Waals surface area contributed by atoms with Crippen molar-refractivity contribution in [1.82, 2.24) is 0 Å². The van der Waals surface area contributed by atoms with E-state index in [-0.39, 0.29) is 22.8 Å². The standard InChI is InChI=1S/C18H12FN3O6/c1-27-13-7-6-11(22(25)26)8-12(13)21-17(23)14-15(20-28-16(14)18(21)24)9-2-4-10(19)5-3-9/h2-8,14,16H,1H3. The molecule has 0 radical (unpaired) electrons. The molecule has 10 heteroatoms. The zero-order valence-corrected chi connectivity index (χ0v) is 14.4. The molecular weight excluding hydrogens is 373 g/mol. The number of methoxy groups -OCH3 is 1. The van der Waals surface area contributed by atoms with Crippen LogP contribution in [0.4, 0.5) is 15.8 Å². The second-order valence-corrected chi connectivity index (χ2v) is 6.11. The Bertz CT molecular complexity index is 1040. The lowest BCUT2D eigenvalue weighted by Gasteiger charge is -2.18. The number of benzene rings is 2. The molecule has 2 unspecified atom stereocenters. The summed E-state index contributed by atoms with van der Waals surface area (Å²) >= 11 is 0. The summed E-state index contributed by atoms with van der Waals surface area (Å²) in [6, 6.07) is 8.85. The van der Waals surface area contributed by atoms with Crippen LogP contribution in [0.5, 0.6) is 5.75 Å². The molecule has 2 aliphatic rings. The van der Waals surface area contributed by atoms with E-state index in [1.165, 1.54) is 43.5 Å². The van der Waals surface area contributed by atoms with Gasteiger partial charge in [-0.05, 0) is 18.2 Å². The zero-order chi connectivity index (χ0) is 20.0. The average Bonchev–Trinajstić information content (AvgIpc) is 3.22. The number of nitro groups is 1. The molecule has 2 aromatic carbocycles. The van der Waals surface area contributed by atoms with Crippen LogP contribution in [0.15, 0.2) is 47.6 Å². The van der Waals surface area contributed by atoms with Gasteiger partial charge >= 0.3 is 0 Å². The molecule has 1 saturated heterocycles. The van der Waals surface area contributed by atoms with Crippen LogP contribution < -0.4 is 9.64 Å². The van der Waals surface area contributed by atoms with Gasteiger partial charge in [-0.15, -0.1) is 0 Å². The van der Waals surface area contributed by atoms with Gasteiger partial charge in [-0.25, -0.2) is 9.29 Å². The number of anilines is 1. The Balaban J connectivity index is 1.75. The molecule has 0 N–H and O–H groups in total. The van der Waals surface area contributed by atoms with E-state index in [9.17, 15) is 24.1 Å². The Labute approximate surface area is 157 Å². The first-order valence-corrected chi connectivity index (χ1v) is 8.12. The minimum atomic E-state index is -1.20. The highest BCUT2D eigenvalue weighted by Crippen LogP contribution is 2.40. The number of ether oxygens (including phenoxy) is 1. The highest BCUT2D eigenvalue weighted by molar-refractivity contribution is 6.32. The van der Waals surface area contributed by atoms with Crippen LogP contribution in [-0.4, -0.2) is 35.7 Å². The van der Waals surface area contributed by atoms with Crippen molar-refractivity contribution in [2.24, 2.45) is 11.1 Å². The number of nitrogens with zero attached hydrogens (tertiary/aromatic N) is 3. The first-order valence-electron chi connectivity index (χ1n) is 8.12. The summed E-state index contributed by atoms with van der Waals surface area (Å²) in [4.78, 5) is 42.3. The molecule has 9 nitrogen and oxygen atoms in total. The number of halogens is 1. The van der Waals surface area contributed by atoms with Crippen molar-refractivity contribution in [3.63, 3.8) is 0 Å². The maximum atomic E-state index is 13.2. The third-order valence-electron chi connectivity index (χ3n) is 4.57. The van der Waals surface area contributed by atoms with Gasteiger partial charge in [0.2, 0.25) is 12.0 Å². The summed E-state index contributed by atoms with van der Waals surface area (Å²) in [6.07, 6.45) is -1.20. The van der Waals surface area contributed by atoms with Gasteiger partial charge in [0.05, 0.1) is 12.0 Å². The SMILES string of the molecule is COc1ccc([N+](=O)[O-])cc1N1C(=O)C2ON=C(c3ccc(F)cc3)C2C1=O. The molecule has 0 bridgehead atoms. The van der Waals surface area contributed by atoms with E-state index in [0.29, 0.717) is 5.56 Å². The van der Waals surface area contributed by atoms with Crippen molar-refractivity contribution in [2.45, 2.75) is 6.10 Å². The average molecular weight is 385 g/mol. The topological polar surface area (TPSA) is 111 Å². The fourth-order valence-electron chi connectivity index (χ4n) is 3.24. The third-order valence-corrected chi connectivity index (χ3v) is 4.57.